The highest BCUT2D eigenvalue weighted by molar-refractivity contribution is 6.28. The highest BCUT2D eigenvalue weighted by atomic mass is 35.5. The quantitative estimate of drug-likeness (QED) is 0.781. The first-order valence-corrected chi connectivity index (χ1v) is 5.24. The van der Waals surface area contributed by atoms with E-state index >= 15 is 0 Å². The van der Waals surface area contributed by atoms with Crippen LogP contribution in [0, 0.1) is 0 Å². The molecule has 0 spiro atoms. The third-order valence-electron chi connectivity index (χ3n) is 2.33. The van der Waals surface area contributed by atoms with Gasteiger partial charge in [-0.25, -0.2) is 4.68 Å². The molecule has 15 heavy (non-hydrogen) atoms. The van der Waals surface area contributed by atoms with Crippen molar-refractivity contribution in [1.82, 2.24) is 14.8 Å². The van der Waals surface area contributed by atoms with Crippen molar-refractivity contribution in [3.63, 3.8) is 0 Å². The fraction of sp³-hybridized carbons (Fsp3) is 0.273. The minimum Gasteiger partial charge on any atom is -0.247 e. The van der Waals surface area contributed by atoms with Crippen LogP contribution in [0.1, 0.15) is 12.5 Å². The molecule has 0 saturated heterocycles. The van der Waals surface area contributed by atoms with Crippen molar-refractivity contribution in [3.8, 4) is 11.4 Å². The predicted molar refractivity (Wildman–Crippen MR) is 60.8 cm³/mol. The van der Waals surface area contributed by atoms with Gasteiger partial charge in [0, 0.05) is 12.6 Å². The van der Waals surface area contributed by atoms with E-state index in [-0.39, 0.29) is 5.28 Å². The zero-order valence-corrected chi connectivity index (χ0v) is 9.49. The number of aryl methyl sites for hydroxylation is 2. The van der Waals surface area contributed by atoms with Gasteiger partial charge in [0.25, 0.3) is 0 Å². The lowest BCUT2D eigenvalue weighted by atomic mass is 10.1. The van der Waals surface area contributed by atoms with Crippen LogP contribution < -0.4 is 0 Å². The molecule has 4 heteroatoms. The molecule has 0 amide bonds. The lowest BCUT2D eigenvalue weighted by molar-refractivity contribution is 0.775. The summed E-state index contributed by atoms with van der Waals surface area (Å²) in [6.45, 7) is 2.13. The van der Waals surface area contributed by atoms with E-state index in [1.807, 2.05) is 19.2 Å². The van der Waals surface area contributed by atoms with E-state index in [0.717, 1.165) is 17.8 Å². The number of nitrogens with zero attached hydrogens (tertiary/aromatic N) is 3. The van der Waals surface area contributed by atoms with Gasteiger partial charge in [-0.05, 0) is 29.7 Å². The Kier molecular flexibility index (Phi) is 2.73. The zero-order valence-electron chi connectivity index (χ0n) is 8.74. The number of rotatable bonds is 2. The molecule has 0 aliphatic carbocycles. The molecule has 1 aromatic carbocycles. The van der Waals surface area contributed by atoms with Crippen LogP contribution in [-0.4, -0.2) is 14.8 Å². The Labute approximate surface area is 93.7 Å². The van der Waals surface area contributed by atoms with Crippen LogP contribution in [0.15, 0.2) is 24.3 Å². The second-order valence-corrected chi connectivity index (χ2v) is 3.72. The fourth-order valence-corrected chi connectivity index (χ4v) is 1.73. The molecule has 0 bridgehead atoms. The first-order valence-electron chi connectivity index (χ1n) is 4.86. The van der Waals surface area contributed by atoms with Crippen molar-refractivity contribution < 1.29 is 0 Å². The van der Waals surface area contributed by atoms with Crippen LogP contribution >= 0.6 is 11.6 Å². The first kappa shape index (κ1) is 10.2. The average Bonchev–Trinajstić information content (AvgIpc) is 2.58. The molecule has 0 atom stereocenters. The van der Waals surface area contributed by atoms with Gasteiger partial charge < -0.3 is 0 Å². The van der Waals surface area contributed by atoms with Gasteiger partial charge in [0.1, 0.15) is 0 Å². The Morgan fingerprint density at radius 3 is 2.80 bits per heavy atom. The van der Waals surface area contributed by atoms with Crippen molar-refractivity contribution in [3.05, 3.63) is 35.1 Å². The minimum absolute atomic E-state index is 0.286. The molecule has 1 aromatic heterocycles. The minimum atomic E-state index is 0.286. The van der Waals surface area contributed by atoms with E-state index in [9.17, 15) is 0 Å². The van der Waals surface area contributed by atoms with Crippen LogP contribution in [-0.2, 0) is 13.5 Å². The topological polar surface area (TPSA) is 30.7 Å². The molecule has 0 saturated carbocycles. The molecule has 2 aromatic rings. The lowest BCUT2D eigenvalue weighted by Crippen LogP contribution is -1.94. The van der Waals surface area contributed by atoms with Gasteiger partial charge in [-0.15, -0.1) is 5.10 Å². The van der Waals surface area contributed by atoms with Gasteiger partial charge in [0.2, 0.25) is 5.28 Å². The van der Waals surface area contributed by atoms with Crippen molar-refractivity contribution in [2.24, 2.45) is 7.05 Å². The normalized spacial score (nSPS) is 10.6. The molecule has 0 unspecified atom stereocenters. The maximum absolute atomic E-state index is 5.75. The fourth-order valence-electron chi connectivity index (χ4n) is 1.53. The van der Waals surface area contributed by atoms with Gasteiger partial charge >= 0.3 is 0 Å². The Morgan fingerprint density at radius 2 is 2.20 bits per heavy atom. The Bertz CT molecular complexity index is 476. The highest BCUT2D eigenvalue weighted by Gasteiger charge is 2.07. The monoisotopic (exact) mass is 221 g/mol. The molecule has 0 aliphatic heterocycles. The standard InChI is InChI=1S/C11H12ClN3/c1-3-8-5-4-6-9(7-8)10-13-11(12)14-15(10)2/h4-7H,3H2,1-2H3. The number of benzene rings is 1. The highest BCUT2D eigenvalue weighted by Crippen LogP contribution is 2.19. The summed E-state index contributed by atoms with van der Waals surface area (Å²) < 4.78 is 1.69. The second kappa shape index (κ2) is 4.03. The maximum atomic E-state index is 5.75. The van der Waals surface area contributed by atoms with E-state index in [1.165, 1.54) is 5.56 Å². The largest absolute Gasteiger partial charge is 0.247 e. The molecular formula is C11H12ClN3. The van der Waals surface area contributed by atoms with Gasteiger partial charge in [-0.1, -0.05) is 25.1 Å². The Balaban J connectivity index is 2.49. The van der Waals surface area contributed by atoms with E-state index in [0.29, 0.717) is 0 Å². The van der Waals surface area contributed by atoms with Crippen molar-refractivity contribution in [1.29, 1.82) is 0 Å². The predicted octanol–water partition coefficient (Wildman–Crippen LogP) is 2.70. The Morgan fingerprint density at radius 1 is 1.40 bits per heavy atom. The van der Waals surface area contributed by atoms with Gasteiger partial charge in [0.05, 0.1) is 0 Å². The summed E-state index contributed by atoms with van der Waals surface area (Å²) in [6, 6.07) is 8.25. The molecule has 0 fully saturated rings. The van der Waals surface area contributed by atoms with Gasteiger partial charge in [0.15, 0.2) is 5.82 Å². The number of hydrogen-bond acceptors (Lipinski definition) is 2. The summed E-state index contributed by atoms with van der Waals surface area (Å²) in [5.41, 5.74) is 2.34. The molecule has 0 radical (unpaired) electrons. The van der Waals surface area contributed by atoms with Crippen LogP contribution in [0.25, 0.3) is 11.4 Å². The molecule has 3 nitrogen and oxygen atoms in total. The van der Waals surface area contributed by atoms with E-state index in [4.69, 9.17) is 11.6 Å². The summed E-state index contributed by atoms with van der Waals surface area (Å²) in [6.07, 6.45) is 1.01. The average molecular weight is 222 g/mol. The summed E-state index contributed by atoms with van der Waals surface area (Å²) in [4.78, 5) is 4.17. The smallest absolute Gasteiger partial charge is 0.242 e. The first-order chi connectivity index (χ1) is 7.20. The van der Waals surface area contributed by atoms with E-state index in [1.54, 1.807) is 4.68 Å². The van der Waals surface area contributed by atoms with Crippen molar-refractivity contribution in [2.75, 3.05) is 0 Å². The van der Waals surface area contributed by atoms with Crippen LogP contribution in [0.2, 0.25) is 5.28 Å². The summed E-state index contributed by atoms with van der Waals surface area (Å²) in [5.74, 6) is 0.801. The lowest BCUT2D eigenvalue weighted by Gasteiger charge is -2.02. The number of halogens is 1. The third-order valence-corrected chi connectivity index (χ3v) is 2.49. The third kappa shape index (κ3) is 2.02. The molecular weight excluding hydrogens is 210 g/mol. The van der Waals surface area contributed by atoms with Crippen LogP contribution in [0.4, 0.5) is 0 Å². The number of aromatic nitrogens is 3. The summed E-state index contributed by atoms with van der Waals surface area (Å²) in [5, 5.41) is 4.30. The summed E-state index contributed by atoms with van der Waals surface area (Å²) >= 11 is 5.75. The molecule has 0 N–H and O–H groups in total. The van der Waals surface area contributed by atoms with Crippen LogP contribution in [0.3, 0.4) is 0 Å². The van der Waals surface area contributed by atoms with Gasteiger partial charge in [-0.2, -0.15) is 4.98 Å². The molecule has 1 heterocycles. The SMILES string of the molecule is CCc1cccc(-c2nc(Cl)nn2C)c1. The van der Waals surface area contributed by atoms with Crippen LogP contribution in [0.5, 0.6) is 0 Å². The van der Waals surface area contributed by atoms with Crippen molar-refractivity contribution in [2.45, 2.75) is 13.3 Å². The molecule has 78 valence electrons. The Hall–Kier alpha value is -1.35. The van der Waals surface area contributed by atoms with E-state index in [2.05, 4.69) is 29.1 Å². The van der Waals surface area contributed by atoms with E-state index < -0.39 is 0 Å². The number of hydrogen-bond donors (Lipinski definition) is 0. The van der Waals surface area contributed by atoms with Gasteiger partial charge in [-0.3, -0.25) is 0 Å². The summed E-state index contributed by atoms with van der Waals surface area (Å²) in [7, 11) is 1.84. The molecule has 2 rings (SSSR count). The maximum Gasteiger partial charge on any atom is 0.242 e. The molecule has 0 aliphatic rings. The second-order valence-electron chi connectivity index (χ2n) is 3.38. The van der Waals surface area contributed by atoms with Crippen molar-refractivity contribution >= 4 is 11.6 Å². The zero-order chi connectivity index (χ0) is 10.8.